The van der Waals surface area contributed by atoms with Crippen molar-refractivity contribution in [2.24, 2.45) is 0 Å². The van der Waals surface area contributed by atoms with Crippen molar-refractivity contribution in [1.29, 1.82) is 0 Å². The molecule has 0 spiro atoms. The van der Waals surface area contributed by atoms with Gasteiger partial charge in [0.1, 0.15) is 17.8 Å². The van der Waals surface area contributed by atoms with Crippen LogP contribution in [0.1, 0.15) is 23.2 Å². The van der Waals surface area contributed by atoms with E-state index < -0.39 is 0 Å². The molecular weight excluding hydrogens is 382 g/mol. The van der Waals surface area contributed by atoms with Crippen LogP contribution in [0.4, 0.5) is 0 Å². The van der Waals surface area contributed by atoms with Gasteiger partial charge in [0.05, 0.1) is 18.9 Å². The van der Waals surface area contributed by atoms with Gasteiger partial charge in [0.25, 0.3) is 5.91 Å². The fourth-order valence-corrected chi connectivity index (χ4v) is 3.22. The number of methoxy groups -OCH3 is 1. The molecule has 0 unspecified atom stereocenters. The molecular formula is C23H23N3O4. The number of nitrogens with zero attached hydrogens (tertiary/aromatic N) is 2. The summed E-state index contributed by atoms with van der Waals surface area (Å²) in [6.45, 7) is 1.32. The summed E-state index contributed by atoms with van der Waals surface area (Å²) in [4.78, 5) is 20.8. The van der Waals surface area contributed by atoms with Gasteiger partial charge >= 0.3 is 0 Å². The summed E-state index contributed by atoms with van der Waals surface area (Å²) in [6, 6.07) is 16.3. The maximum Gasteiger partial charge on any atom is 0.251 e. The van der Waals surface area contributed by atoms with Gasteiger partial charge in [-0.25, -0.2) is 9.97 Å². The van der Waals surface area contributed by atoms with E-state index >= 15 is 0 Å². The number of hydrogen-bond donors (Lipinski definition) is 1. The molecule has 4 rings (SSSR count). The number of amides is 1. The first-order valence-corrected chi connectivity index (χ1v) is 9.85. The Hall–Kier alpha value is -3.45. The lowest BCUT2D eigenvalue weighted by Gasteiger charge is -2.11. The molecule has 7 heteroatoms. The standard InChI is InChI=1S/C23H23N3O4/c1-28-18-8-10-19(11-9-18)30-22-13-21(25-15-26-22)16-4-6-17(7-5-16)23(27)24-14-20-3-2-12-29-20/h4-11,13,15,20H,2-3,12,14H2,1H3,(H,24,27)/t20-/m0/s1. The van der Waals surface area contributed by atoms with Crippen LogP contribution in [0.5, 0.6) is 17.4 Å². The van der Waals surface area contributed by atoms with Gasteiger partial charge in [0.2, 0.25) is 5.88 Å². The molecule has 1 fully saturated rings. The van der Waals surface area contributed by atoms with E-state index in [1.54, 1.807) is 25.3 Å². The fraction of sp³-hybridized carbons (Fsp3) is 0.261. The molecule has 7 nitrogen and oxygen atoms in total. The van der Waals surface area contributed by atoms with Gasteiger partial charge in [-0.3, -0.25) is 4.79 Å². The third kappa shape index (κ3) is 4.93. The zero-order valence-corrected chi connectivity index (χ0v) is 16.7. The summed E-state index contributed by atoms with van der Waals surface area (Å²) in [5.41, 5.74) is 2.17. The number of carbonyl (C=O) groups is 1. The molecule has 30 heavy (non-hydrogen) atoms. The van der Waals surface area contributed by atoms with Gasteiger partial charge in [-0.1, -0.05) is 12.1 Å². The summed E-state index contributed by atoms with van der Waals surface area (Å²) < 4.78 is 16.5. The van der Waals surface area contributed by atoms with Crippen LogP contribution >= 0.6 is 0 Å². The minimum absolute atomic E-state index is 0.108. The predicted molar refractivity (Wildman–Crippen MR) is 112 cm³/mol. The zero-order valence-electron chi connectivity index (χ0n) is 16.7. The van der Waals surface area contributed by atoms with E-state index in [1.807, 2.05) is 36.4 Å². The molecule has 2 heterocycles. The molecule has 0 bridgehead atoms. The van der Waals surface area contributed by atoms with Crippen molar-refractivity contribution in [3.63, 3.8) is 0 Å². The van der Waals surface area contributed by atoms with Crippen molar-refractivity contribution in [3.8, 4) is 28.6 Å². The smallest absolute Gasteiger partial charge is 0.251 e. The highest BCUT2D eigenvalue weighted by atomic mass is 16.5. The fourth-order valence-electron chi connectivity index (χ4n) is 3.22. The molecule has 0 radical (unpaired) electrons. The Morgan fingerprint density at radius 1 is 1.10 bits per heavy atom. The number of benzene rings is 2. The third-order valence-corrected chi connectivity index (χ3v) is 4.88. The quantitative estimate of drug-likeness (QED) is 0.643. The first-order chi connectivity index (χ1) is 14.7. The maximum absolute atomic E-state index is 12.3. The van der Waals surface area contributed by atoms with Gasteiger partial charge in [0, 0.05) is 30.3 Å². The lowest BCUT2D eigenvalue weighted by atomic mass is 10.1. The average Bonchev–Trinajstić information content (AvgIpc) is 3.32. The molecule has 1 amide bonds. The Kier molecular flexibility index (Phi) is 6.20. The molecule has 1 saturated heterocycles. The Labute approximate surface area is 175 Å². The Balaban J connectivity index is 1.40. The van der Waals surface area contributed by atoms with Crippen LogP contribution in [0.15, 0.2) is 60.9 Å². The summed E-state index contributed by atoms with van der Waals surface area (Å²) >= 11 is 0. The number of hydrogen-bond acceptors (Lipinski definition) is 6. The second-order valence-corrected chi connectivity index (χ2v) is 6.94. The summed E-state index contributed by atoms with van der Waals surface area (Å²) in [5, 5.41) is 2.93. The average molecular weight is 405 g/mol. The number of carbonyl (C=O) groups excluding carboxylic acids is 1. The predicted octanol–water partition coefficient (Wildman–Crippen LogP) is 3.85. The van der Waals surface area contributed by atoms with Crippen LogP contribution in [0.25, 0.3) is 11.3 Å². The van der Waals surface area contributed by atoms with Crippen LogP contribution in [-0.4, -0.2) is 42.2 Å². The lowest BCUT2D eigenvalue weighted by molar-refractivity contribution is 0.0858. The molecule has 1 aromatic heterocycles. The topological polar surface area (TPSA) is 82.6 Å². The van der Waals surface area contributed by atoms with Crippen LogP contribution in [0, 0.1) is 0 Å². The Morgan fingerprint density at radius 2 is 1.87 bits per heavy atom. The molecule has 1 atom stereocenters. The normalized spacial score (nSPS) is 15.6. The van der Waals surface area contributed by atoms with Crippen LogP contribution in [0.2, 0.25) is 0 Å². The summed E-state index contributed by atoms with van der Waals surface area (Å²) in [5.74, 6) is 1.73. The number of nitrogens with one attached hydrogen (secondary N) is 1. The van der Waals surface area contributed by atoms with Crippen molar-refractivity contribution in [2.75, 3.05) is 20.3 Å². The van der Waals surface area contributed by atoms with E-state index in [4.69, 9.17) is 14.2 Å². The van der Waals surface area contributed by atoms with Crippen LogP contribution < -0.4 is 14.8 Å². The SMILES string of the molecule is COc1ccc(Oc2cc(-c3ccc(C(=O)NC[C@@H]4CCCO4)cc3)ncn2)cc1. The lowest BCUT2D eigenvalue weighted by Crippen LogP contribution is -2.31. The largest absolute Gasteiger partial charge is 0.497 e. The first-order valence-electron chi connectivity index (χ1n) is 9.85. The molecule has 154 valence electrons. The summed E-state index contributed by atoms with van der Waals surface area (Å²) in [7, 11) is 1.62. The van der Waals surface area contributed by atoms with Gasteiger partial charge in [-0.05, 0) is 49.2 Å². The van der Waals surface area contributed by atoms with Crippen molar-refractivity contribution in [3.05, 3.63) is 66.5 Å². The van der Waals surface area contributed by atoms with E-state index in [1.165, 1.54) is 6.33 Å². The number of ether oxygens (including phenoxy) is 3. The highest BCUT2D eigenvalue weighted by molar-refractivity contribution is 5.94. The van der Waals surface area contributed by atoms with Crippen molar-refractivity contribution in [1.82, 2.24) is 15.3 Å². The highest BCUT2D eigenvalue weighted by Crippen LogP contribution is 2.25. The number of rotatable bonds is 7. The molecule has 1 N–H and O–H groups in total. The van der Waals surface area contributed by atoms with E-state index in [9.17, 15) is 4.79 Å². The highest BCUT2D eigenvalue weighted by Gasteiger charge is 2.16. The molecule has 0 saturated carbocycles. The Bertz CT molecular complexity index is 984. The van der Waals surface area contributed by atoms with Crippen LogP contribution in [0.3, 0.4) is 0 Å². The molecule has 1 aliphatic heterocycles. The van der Waals surface area contributed by atoms with E-state index in [0.717, 1.165) is 30.8 Å². The molecule has 1 aliphatic rings. The van der Waals surface area contributed by atoms with Gasteiger partial charge < -0.3 is 19.5 Å². The van der Waals surface area contributed by atoms with E-state index in [2.05, 4.69) is 15.3 Å². The monoisotopic (exact) mass is 405 g/mol. The van der Waals surface area contributed by atoms with Crippen molar-refractivity contribution < 1.29 is 19.0 Å². The van der Waals surface area contributed by atoms with E-state index in [-0.39, 0.29) is 12.0 Å². The van der Waals surface area contributed by atoms with Gasteiger partial charge in [0.15, 0.2) is 0 Å². The minimum atomic E-state index is -0.108. The minimum Gasteiger partial charge on any atom is -0.497 e. The van der Waals surface area contributed by atoms with Crippen molar-refractivity contribution >= 4 is 5.91 Å². The second-order valence-electron chi connectivity index (χ2n) is 6.94. The summed E-state index contributed by atoms with van der Waals surface area (Å²) in [6.07, 6.45) is 3.63. The first kappa shape index (κ1) is 19.8. The van der Waals surface area contributed by atoms with Gasteiger partial charge in [-0.2, -0.15) is 0 Å². The molecule has 0 aliphatic carbocycles. The van der Waals surface area contributed by atoms with E-state index in [0.29, 0.717) is 29.4 Å². The number of aromatic nitrogens is 2. The second kappa shape index (κ2) is 9.37. The zero-order chi connectivity index (χ0) is 20.8. The third-order valence-electron chi connectivity index (χ3n) is 4.88. The van der Waals surface area contributed by atoms with Crippen LogP contribution in [-0.2, 0) is 4.74 Å². The molecule has 3 aromatic rings. The van der Waals surface area contributed by atoms with Gasteiger partial charge in [-0.15, -0.1) is 0 Å². The maximum atomic E-state index is 12.3. The molecule has 2 aromatic carbocycles. The Morgan fingerprint density at radius 3 is 2.57 bits per heavy atom. The van der Waals surface area contributed by atoms with Crippen molar-refractivity contribution in [2.45, 2.75) is 18.9 Å².